The van der Waals surface area contributed by atoms with Crippen molar-refractivity contribution < 1.29 is 9.90 Å². The average molecular weight is 352 g/mol. The van der Waals surface area contributed by atoms with Crippen LogP contribution in [0.2, 0.25) is 4.34 Å². The summed E-state index contributed by atoms with van der Waals surface area (Å²) in [5.74, 6) is -0.177. The Labute approximate surface area is 143 Å². The maximum absolute atomic E-state index is 12.2. The lowest BCUT2D eigenvalue weighted by atomic mass is 10.0. The molecule has 3 heterocycles. The van der Waals surface area contributed by atoms with Crippen molar-refractivity contribution in [3.8, 4) is 0 Å². The van der Waals surface area contributed by atoms with Gasteiger partial charge in [-0.25, -0.2) is 0 Å². The Morgan fingerprint density at radius 2 is 2.30 bits per heavy atom. The molecule has 3 rings (SSSR count). The van der Waals surface area contributed by atoms with Crippen molar-refractivity contribution in [3.63, 3.8) is 0 Å². The van der Waals surface area contributed by atoms with Crippen molar-refractivity contribution >= 4 is 28.8 Å². The molecule has 0 aliphatic carbocycles. The van der Waals surface area contributed by atoms with E-state index in [-0.39, 0.29) is 11.9 Å². The molecule has 1 aliphatic rings. The van der Waals surface area contributed by atoms with Crippen molar-refractivity contribution in [2.24, 2.45) is 0 Å². The number of thiophene rings is 1. The minimum atomic E-state index is -0.591. The van der Waals surface area contributed by atoms with Crippen molar-refractivity contribution in [2.75, 3.05) is 13.1 Å². The summed E-state index contributed by atoms with van der Waals surface area (Å²) in [4.78, 5) is 19.2. The van der Waals surface area contributed by atoms with Crippen LogP contribution in [0.3, 0.4) is 0 Å². The van der Waals surface area contributed by atoms with Crippen LogP contribution in [-0.4, -0.2) is 46.1 Å². The van der Waals surface area contributed by atoms with Gasteiger partial charge in [-0.3, -0.25) is 14.7 Å². The van der Waals surface area contributed by atoms with Crippen LogP contribution < -0.4 is 5.32 Å². The van der Waals surface area contributed by atoms with E-state index in [1.165, 1.54) is 11.3 Å². The van der Waals surface area contributed by atoms with Gasteiger partial charge in [0.2, 0.25) is 0 Å². The molecule has 0 radical (unpaired) electrons. The monoisotopic (exact) mass is 351 g/mol. The number of carbonyl (C=O) groups excluding carboxylic acids is 1. The van der Waals surface area contributed by atoms with Gasteiger partial charge in [0.15, 0.2) is 0 Å². The second kappa shape index (κ2) is 7.40. The van der Waals surface area contributed by atoms with Gasteiger partial charge in [-0.05, 0) is 30.7 Å². The molecular formula is C16H18ClN3O2S. The first-order valence-corrected chi connectivity index (χ1v) is 8.68. The molecule has 0 unspecified atom stereocenters. The third-order valence-corrected chi connectivity index (χ3v) is 5.12. The number of aliphatic hydroxyl groups excluding tert-OH is 1. The van der Waals surface area contributed by atoms with Crippen LogP contribution in [-0.2, 0) is 6.54 Å². The van der Waals surface area contributed by atoms with E-state index in [1.54, 1.807) is 18.3 Å². The van der Waals surface area contributed by atoms with Crippen molar-refractivity contribution in [1.29, 1.82) is 0 Å². The highest BCUT2D eigenvalue weighted by molar-refractivity contribution is 7.17. The second-order valence-electron chi connectivity index (χ2n) is 5.60. The lowest BCUT2D eigenvalue weighted by Crippen LogP contribution is -2.53. The number of rotatable bonds is 4. The summed E-state index contributed by atoms with van der Waals surface area (Å²) in [7, 11) is 0. The van der Waals surface area contributed by atoms with E-state index >= 15 is 0 Å². The number of β-amino-alcohol motifs (C(OH)–C–C–N with tert-alkyl or cyclic N) is 1. The summed E-state index contributed by atoms with van der Waals surface area (Å²) < 4.78 is 0.584. The normalized spacial score (nSPS) is 22.0. The minimum absolute atomic E-state index is 0.177. The lowest BCUT2D eigenvalue weighted by Gasteiger charge is -2.36. The Morgan fingerprint density at radius 3 is 2.96 bits per heavy atom. The molecule has 0 bridgehead atoms. The maximum Gasteiger partial charge on any atom is 0.261 e. The first-order valence-electron chi connectivity index (χ1n) is 7.48. The summed E-state index contributed by atoms with van der Waals surface area (Å²) in [6, 6.07) is 8.98. The summed E-state index contributed by atoms with van der Waals surface area (Å²) in [6.45, 7) is 2.04. The van der Waals surface area contributed by atoms with Crippen molar-refractivity contribution in [1.82, 2.24) is 15.2 Å². The Balaban J connectivity index is 1.53. The molecule has 0 saturated carbocycles. The zero-order chi connectivity index (χ0) is 16.2. The predicted octanol–water partition coefficient (Wildman–Crippen LogP) is 2.16. The Kier molecular flexibility index (Phi) is 5.27. The molecular weight excluding hydrogens is 334 g/mol. The number of likely N-dealkylation sites (tertiary alicyclic amines) is 1. The summed E-state index contributed by atoms with van der Waals surface area (Å²) in [5.41, 5.74) is 0.982. The smallest absolute Gasteiger partial charge is 0.261 e. The van der Waals surface area contributed by atoms with Gasteiger partial charge >= 0.3 is 0 Å². The molecule has 122 valence electrons. The van der Waals surface area contributed by atoms with Gasteiger partial charge in [0, 0.05) is 25.8 Å². The number of nitrogens with one attached hydrogen (secondary N) is 1. The number of amides is 1. The van der Waals surface area contributed by atoms with Gasteiger partial charge in [0.1, 0.15) is 0 Å². The zero-order valence-corrected chi connectivity index (χ0v) is 14.1. The molecule has 7 heteroatoms. The molecule has 1 amide bonds. The van der Waals surface area contributed by atoms with E-state index in [0.29, 0.717) is 28.7 Å². The first-order chi connectivity index (χ1) is 11.1. The van der Waals surface area contributed by atoms with Gasteiger partial charge in [-0.2, -0.15) is 0 Å². The first kappa shape index (κ1) is 16.4. The SMILES string of the molecule is O=C(N[C@H]1CCN(Cc2ccccn2)C[C@@H]1O)c1ccc(Cl)s1. The van der Waals surface area contributed by atoms with Gasteiger partial charge in [-0.15, -0.1) is 11.3 Å². The molecule has 23 heavy (non-hydrogen) atoms. The van der Waals surface area contributed by atoms with E-state index in [9.17, 15) is 9.90 Å². The molecule has 1 saturated heterocycles. The number of hydrogen-bond donors (Lipinski definition) is 2. The fourth-order valence-electron chi connectivity index (χ4n) is 2.71. The number of carbonyl (C=O) groups is 1. The molecule has 2 aromatic rings. The summed E-state index contributed by atoms with van der Waals surface area (Å²) in [6.07, 6.45) is 1.89. The van der Waals surface area contributed by atoms with Crippen LogP contribution in [0.15, 0.2) is 36.5 Å². The number of pyridine rings is 1. The quantitative estimate of drug-likeness (QED) is 0.886. The largest absolute Gasteiger partial charge is 0.390 e. The van der Waals surface area contributed by atoms with Crippen LogP contribution in [0.1, 0.15) is 21.8 Å². The number of aromatic nitrogens is 1. The van der Waals surface area contributed by atoms with E-state index in [1.807, 2.05) is 18.2 Å². The Bertz CT molecular complexity index is 664. The fourth-order valence-corrected chi connectivity index (χ4v) is 3.65. The van der Waals surface area contributed by atoms with E-state index in [4.69, 9.17) is 11.6 Å². The molecule has 0 aromatic carbocycles. The molecule has 1 aliphatic heterocycles. The number of nitrogens with zero attached hydrogens (tertiary/aromatic N) is 2. The van der Waals surface area contributed by atoms with Gasteiger partial charge in [0.05, 0.1) is 27.1 Å². The highest BCUT2D eigenvalue weighted by atomic mass is 35.5. The third-order valence-electron chi connectivity index (χ3n) is 3.89. The zero-order valence-electron chi connectivity index (χ0n) is 12.5. The molecule has 2 aromatic heterocycles. The Hall–Kier alpha value is -1.47. The summed E-state index contributed by atoms with van der Waals surface area (Å²) >= 11 is 7.09. The van der Waals surface area contributed by atoms with E-state index in [0.717, 1.165) is 12.2 Å². The molecule has 1 fully saturated rings. The van der Waals surface area contributed by atoms with E-state index in [2.05, 4.69) is 15.2 Å². The summed E-state index contributed by atoms with van der Waals surface area (Å²) in [5, 5.41) is 13.2. The standard InChI is InChI=1S/C16H18ClN3O2S/c17-15-5-4-14(23-15)16(22)19-12-6-8-20(10-13(12)21)9-11-3-1-2-7-18-11/h1-5,7,12-13,21H,6,8-10H2,(H,19,22)/t12-,13-/m0/s1. The lowest BCUT2D eigenvalue weighted by molar-refractivity contribution is 0.0346. The highest BCUT2D eigenvalue weighted by Gasteiger charge is 2.29. The van der Waals surface area contributed by atoms with Crippen LogP contribution in [0.5, 0.6) is 0 Å². The number of hydrogen-bond acceptors (Lipinski definition) is 5. The number of aliphatic hydroxyl groups is 1. The highest BCUT2D eigenvalue weighted by Crippen LogP contribution is 2.22. The predicted molar refractivity (Wildman–Crippen MR) is 90.7 cm³/mol. The molecule has 0 spiro atoms. The van der Waals surface area contributed by atoms with Gasteiger partial charge in [-0.1, -0.05) is 17.7 Å². The van der Waals surface area contributed by atoms with Crippen LogP contribution in [0.25, 0.3) is 0 Å². The number of halogens is 1. The average Bonchev–Trinajstić information content (AvgIpc) is 2.98. The van der Waals surface area contributed by atoms with Crippen LogP contribution in [0.4, 0.5) is 0 Å². The van der Waals surface area contributed by atoms with Crippen LogP contribution in [0, 0.1) is 0 Å². The van der Waals surface area contributed by atoms with Crippen molar-refractivity contribution in [3.05, 3.63) is 51.4 Å². The number of piperidine rings is 1. The van der Waals surface area contributed by atoms with Gasteiger partial charge < -0.3 is 10.4 Å². The Morgan fingerprint density at radius 1 is 1.43 bits per heavy atom. The minimum Gasteiger partial charge on any atom is -0.390 e. The molecule has 5 nitrogen and oxygen atoms in total. The van der Waals surface area contributed by atoms with Crippen LogP contribution >= 0.6 is 22.9 Å². The third kappa shape index (κ3) is 4.29. The topological polar surface area (TPSA) is 65.5 Å². The second-order valence-corrected chi connectivity index (χ2v) is 7.31. The van der Waals surface area contributed by atoms with Gasteiger partial charge in [0.25, 0.3) is 5.91 Å². The fraction of sp³-hybridized carbons (Fsp3) is 0.375. The molecule has 2 N–H and O–H groups in total. The maximum atomic E-state index is 12.2. The van der Waals surface area contributed by atoms with Crippen molar-refractivity contribution in [2.45, 2.75) is 25.1 Å². The van der Waals surface area contributed by atoms with E-state index < -0.39 is 6.10 Å². The molecule has 2 atom stereocenters.